The van der Waals surface area contributed by atoms with Crippen molar-refractivity contribution in [2.45, 2.75) is 0 Å². The fourth-order valence-electron chi connectivity index (χ4n) is 0. The Bertz CT molecular complexity index is 32.6. The third kappa shape index (κ3) is 61.9. The Kier molecular flexibility index (Phi) is 8.81. The Morgan fingerprint density at radius 2 is 1.80 bits per heavy atom. The van der Waals surface area contributed by atoms with Crippen LogP contribution in [0.5, 0.6) is 0 Å². The van der Waals surface area contributed by atoms with Crippen molar-refractivity contribution in [1.82, 2.24) is 0 Å². The highest BCUT2D eigenvalue weighted by molar-refractivity contribution is 6.54. The molecule has 0 radical (unpaired) electrons. The zero-order valence-corrected chi connectivity index (χ0v) is 4.36. The van der Waals surface area contributed by atoms with Crippen LogP contribution < -0.4 is 0 Å². The van der Waals surface area contributed by atoms with Crippen LogP contribution in [0.25, 0.3) is 0 Å². The van der Waals surface area contributed by atoms with Gasteiger partial charge in [-0.1, -0.05) is 0 Å². The fraction of sp³-hybridized carbons (Fsp3) is 0. The van der Waals surface area contributed by atoms with Gasteiger partial charge >= 0.3 is 39.3 Å². The van der Waals surface area contributed by atoms with Crippen molar-refractivity contribution in [3.63, 3.8) is 0 Å². The van der Waals surface area contributed by atoms with E-state index in [0.717, 1.165) is 0 Å². The molecular formula is CH5AlMgO2. The van der Waals surface area contributed by atoms with Gasteiger partial charge in [-0.15, -0.1) is 0 Å². The predicted molar refractivity (Wildman–Crippen MR) is 25.1 cm³/mol. The molecule has 0 heterocycles. The van der Waals surface area contributed by atoms with Crippen LogP contribution in [0.15, 0.2) is 0 Å². The molecule has 0 aromatic rings. The molecule has 0 rings (SSSR count). The van der Waals surface area contributed by atoms with Crippen LogP contribution in [0.2, 0.25) is 0 Å². The lowest BCUT2D eigenvalue weighted by Gasteiger charge is -1.60. The Labute approximate surface area is 54.1 Å². The summed E-state index contributed by atoms with van der Waals surface area (Å²) in [5, 5.41) is 7.48. The van der Waals surface area contributed by atoms with Crippen molar-refractivity contribution in [2.24, 2.45) is 0 Å². The van der Waals surface area contributed by atoms with Gasteiger partial charge in [0.15, 0.2) is 4.83 Å². The predicted octanol–water partition coefficient (Wildman–Crippen LogP) is -1.62. The van der Waals surface area contributed by atoms with Gasteiger partial charge in [0.25, 0.3) is 0 Å². The summed E-state index contributed by atoms with van der Waals surface area (Å²) in [4.78, 5) is 8.37. The van der Waals surface area contributed by atoms with Crippen molar-refractivity contribution < 1.29 is 9.90 Å². The second-order valence-electron chi connectivity index (χ2n) is 0.519. The maximum Gasteiger partial charge on any atom is 0.387 e. The van der Waals surface area contributed by atoms with Crippen LogP contribution in [0.1, 0.15) is 0 Å². The highest BCUT2D eigenvalue weighted by atomic mass is 27.0. The molecule has 0 amide bonds. The van der Waals surface area contributed by atoms with Gasteiger partial charge in [0.2, 0.25) is 0 Å². The van der Waals surface area contributed by atoms with Crippen LogP contribution >= 0.6 is 0 Å². The summed E-state index contributed by atoms with van der Waals surface area (Å²) in [6.45, 7) is 0. The Balaban J connectivity index is 0. The van der Waals surface area contributed by atoms with Gasteiger partial charge < -0.3 is 5.11 Å². The van der Waals surface area contributed by atoms with Crippen molar-refractivity contribution in [2.75, 3.05) is 0 Å². The van der Waals surface area contributed by atoms with E-state index in [1.54, 1.807) is 0 Å². The number of rotatable bonds is 0. The van der Waals surface area contributed by atoms with Gasteiger partial charge in [0.05, 0.1) is 0 Å². The molecule has 0 aromatic heterocycles. The van der Waals surface area contributed by atoms with Crippen LogP contribution in [-0.2, 0) is 0 Å². The molecule has 0 aliphatic rings. The first-order valence-corrected chi connectivity index (χ1v) is 1.93. The van der Waals surface area contributed by atoms with Crippen LogP contribution in [0.4, 0.5) is 4.79 Å². The smallest absolute Gasteiger partial charge is 0.387 e. The SMILES string of the molecule is O=[C](O)[AlH2].[MgH2]. The average molecular weight is 100 g/mol. The zero-order chi connectivity index (χ0) is 3.58. The van der Waals surface area contributed by atoms with Gasteiger partial charge in [-0.3, -0.25) is 4.79 Å². The second kappa shape index (κ2) is 4.77. The molecule has 2 nitrogen and oxygen atoms in total. The van der Waals surface area contributed by atoms with E-state index < -0.39 is 4.83 Å². The highest BCUT2D eigenvalue weighted by Crippen LogP contribution is 1.41. The molecule has 0 fully saturated rings. The van der Waals surface area contributed by atoms with E-state index in [-0.39, 0.29) is 39.3 Å². The molecule has 0 bridgehead atoms. The molecule has 0 saturated heterocycles. The first-order chi connectivity index (χ1) is 1.73. The molecule has 0 aliphatic carbocycles. The summed E-state index contributed by atoms with van der Waals surface area (Å²) in [5.74, 6) is 0. The fourth-order valence-corrected chi connectivity index (χ4v) is 0. The Morgan fingerprint density at radius 1 is 1.80 bits per heavy atom. The van der Waals surface area contributed by atoms with Crippen LogP contribution in [0.3, 0.4) is 0 Å². The summed E-state index contributed by atoms with van der Waals surface area (Å²) in [7, 11) is 0. The standard InChI is InChI=1S/CHO2.Al.Mg.4H/c2-1-3;;;;;;/h(H,2,3);;;;;;. The topological polar surface area (TPSA) is 37.3 Å². The Hall–Kier alpha value is 0.769. The molecule has 0 saturated carbocycles. The van der Waals surface area contributed by atoms with E-state index in [4.69, 9.17) is 9.90 Å². The normalized spacial score (nSPS) is 4.80. The van der Waals surface area contributed by atoms with Gasteiger partial charge in [0.1, 0.15) is 0 Å². The first kappa shape index (κ1) is 9.24. The van der Waals surface area contributed by atoms with Crippen molar-refractivity contribution in [3.8, 4) is 0 Å². The third-order valence-corrected chi connectivity index (χ3v) is 0. The van der Waals surface area contributed by atoms with Crippen molar-refractivity contribution >= 4 is 44.2 Å². The first-order valence-electron chi connectivity index (χ1n) is 0.928. The largest absolute Gasteiger partial charge is 0.497 e. The molecule has 4 heteroatoms. The van der Waals surface area contributed by atoms with E-state index in [1.807, 2.05) is 0 Å². The molecule has 0 atom stereocenters. The molecule has 0 unspecified atom stereocenters. The van der Waals surface area contributed by atoms with Gasteiger partial charge in [-0.05, 0) is 0 Å². The maximum atomic E-state index is 9.06. The molecule has 1 N–H and O–H groups in total. The van der Waals surface area contributed by atoms with Crippen molar-refractivity contribution in [1.29, 1.82) is 0 Å². The average Bonchev–Trinajstić information content (AvgIpc) is 0.811. The summed E-state index contributed by atoms with van der Waals surface area (Å²) in [6, 6.07) is 0. The summed E-state index contributed by atoms with van der Waals surface area (Å²) >= 11 is 0.265. The van der Waals surface area contributed by atoms with E-state index in [0.29, 0.717) is 0 Å². The maximum absolute atomic E-state index is 9.06. The minimum Gasteiger partial charge on any atom is -0.497 e. The van der Waals surface area contributed by atoms with Gasteiger partial charge in [-0.25, -0.2) is 0 Å². The lowest BCUT2D eigenvalue weighted by Crippen LogP contribution is -1.83. The molecular weight excluding hydrogens is 95.3 g/mol. The minimum absolute atomic E-state index is 0. The molecule has 26 valence electrons. The Morgan fingerprint density at radius 3 is 1.80 bits per heavy atom. The lowest BCUT2D eigenvalue weighted by molar-refractivity contribution is 0.220. The molecule has 0 aliphatic heterocycles. The number of hydrogen-bond acceptors (Lipinski definition) is 1. The lowest BCUT2D eigenvalue weighted by atomic mass is 11.6. The minimum atomic E-state index is -0.694. The number of carboxylic acid groups (broad SMARTS) is 1. The summed E-state index contributed by atoms with van der Waals surface area (Å²) in [5.41, 5.74) is 0. The van der Waals surface area contributed by atoms with Gasteiger partial charge in [0, 0.05) is 0 Å². The van der Waals surface area contributed by atoms with Crippen LogP contribution in [0, 0.1) is 0 Å². The van der Waals surface area contributed by atoms with E-state index in [1.165, 1.54) is 0 Å². The number of hydrogen-bond donors (Lipinski definition) is 1. The highest BCUT2D eigenvalue weighted by Gasteiger charge is 1.68. The monoisotopic (exact) mass is 100.0 g/mol. The summed E-state index contributed by atoms with van der Waals surface area (Å²) < 4.78 is 0. The molecule has 5 heavy (non-hydrogen) atoms. The molecule has 0 spiro atoms. The van der Waals surface area contributed by atoms with E-state index in [2.05, 4.69) is 0 Å². The molecule has 0 aromatic carbocycles. The van der Waals surface area contributed by atoms with E-state index in [9.17, 15) is 0 Å². The van der Waals surface area contributed by atoms with Crippen molar-refractivity contribution in [3.05, 3.63) is 0 Å². The van der Waals surface area contributed by atoms with Gasteiger partial charge in [-0.2, -0.15) is 0 Å². The second-order valence-corrected chi connectivity index (χ2v) is 1.37. The quantitative estimate of drug-likeness (QED) is 0.372. The van der Waals surface area contributed by atoms with E-state index >= 15 is 0 Å². The third-order valence-electron chi connectivity index (χ3n) is 0. The zero-order valence-electron chi connectivity index (χ0n) is 2.36. The number of carbonyl (C=O) groups is 1. The van der Waals surface area contributed by atoms with Crippen LogP contribution in [-0.4, -0.2) is 49.3 Å². The summed E-state index contributed by atoms with van der Waals surface area (Å²) in [6.07, 6.45) is 0.